The average Bonchev–Trinajstić information content (AvgIpc) is 2.82. The minimum atomic E-state index is -4.56. The largest absolute Gasteiger partial charge is 0.486 e. The van der Waals surface area contributed by atoms with Crippen LogP contribution in [0.2, 0.25) is 0 Å². The lowest BCUT2D eigenvalue weighted by Gasteiger charge is -2.33. The first-order valence-corrected chi connectivity index (χ1v) is 11.5. The SMILES string of the molecule is CC(=O)N1CCN(C(=O)/C=C/c2ccc(Sc3ccc4c(c3)OCCO4)c(C(F)(F)F)c2)CC1. The molecular weight excluding hydrogens is 469 g/mol. The van der Waals surface area contributed by atoms with Gasteiger partial charge >= 0.3 is 6.18 Å². The zero-order valence-corrected chi connectivity index (χ0v) is 19.2. The molecule has 2 amide bonds. The summed E-state index contributed by atoms with van der Waals surface area (Å²) >= 11 is 0.985. The van der Waals surface area contributed by atoms with E-state index >= 15 is 0 Å². The summed E-state index contributed by atoms with van der Waals surface area (Å²) in [5.41, 5.74) is -0.508. The van der Waals surface area contributed by atoms with Gasteiger partial charge in [0.05, 0.1) is 5.56 Å². The van der Waals surface area contributed by atoms with Gasteiger partial charge in [-0.15, -0.1) is 0 Å². The van der Waals surface area contributed by atoms with Crippen molar-refractivity contribution in [3.05, 3.63) is 53.6 Å². The number of fused-ring (bicyclic) bond motifs is 1. The molecule has 0 saturated carbocycles. The molecule has 2 aromatic carbocycles. The van der Waals surface area contributed by atoms with E-state index in [0.29, 0.717) is 55.8 Å². The van der Waals surface area contributed by atoms with Crippen LogP contribution in [0.15, 0.2) is 52.3 Å². The fourth-order valence-electron chi connectivity index (χ4n) is 3.69. The summed E-state index contributed by atoms with van der Waals surface area (Å²) in [4.78, 5) is 27.7. The van der Waals surface area contributed by atoms with Gasteiger partial charge in [0.2, 0.25) is 11.8 Å². The summed E-state index contributed by atoms with van der Waals surface area (Å²) < 4.78 is 52.4. The smallest absolute Gasteiger partial charge is 0.417 e. The molecule has 34 heavy (non-hydrogen) atoms. The number of carbonyl (C=O) groups excluding carboxylic acids is 2. The lowest BCUT2D eigenvalue weighted by Crippen LogP contribution is -2.49. The maximum Gasteiger partial charge on any atom is 0.417 e. The van der Waals surface area contributed by atoms with E-state index in [1.807, 2.05) is 0 Å². The predicted octanol–water partition coefficient (Wildman–Crippen LogP) is 4.33. The second-order valence-electron chi connectivity index (χ2n) is 7.83. The molecule has 0 aliphatic carbocycles. The standard InChI is InChI=1S/C24H23F3N2O4S/c1-16(30)28-8-10-29(11-9-28)23(31)7-3-17-2-6-22(19(14-17)24(25,26)27)34-18-4-5-20-21(15-18)33-13-12-32-20/h2-7,14-15H,8-13H2,1H3/b7-3+. The van der Waals surface area contributed by atoms with E-state index in [9.17, 15) is 22.8 Å². The average molecular weight is 493 g/mol. The van der Waals surface area contributed by atoms with Crippen LogP contribution in [0, 0.1) is 0 Å². The van der Waals surface area contributed by atoms with Crippen LogP contribution < -0.4 is 9.47 Å². The zero-order valence-electron chi connectivity index (χ0n) is 18.4. The monoisotopic (exact) mass is 492 g/mol. The topological polar surface area (TPSA) is 59.1 Å². The van der Waals surface area contributed by atoms with Crippen LogP contribution in [0.1, 0.15) is 18.1 Å². The van der Waals surface area contributed by atoms with Gasteiger partial charge < -0.3 is 19.3 Å². The van der Waals surface area contributed by atoms with Crippen LogP contribution >= 0.6 is 11.8 Å². The van der Waals surface area contributed by atoms with Crippen molar-refractivity contribution in [2.45, 2.75) is 22.9 Å². The van der Waals surface area contributed by atoms with E-state index in [0.717, 1.165) is 17.8 Å². The molecule has 0 atom stereocenters. The number of halogens is 3. The quantitative estimate of drug-likeness (QED) is 0.595. The molecule has 1 saturated heterocycles. The zero-order chi connectivity index (χ0) is 24.3. The molecule has 1 fully saturated rings. The van der Waals surface area contributed by atoms with Gasteiger partial charge in [-0.2, -0.15) is 13.2 Å². The van der Waals surface area contributed by atoms with Crippen LogP contribution in [0.4, 0.5) is 13.2 Å². The van der Waals surface area contributed by atoms with E-state index in [4.69, 9.17) is 9.47 Å². The Bertz CT molecular complexity index is 1110. The Morgan fingerprint density at radius 1 is 0.941 bits per heavy atom. The molecule has 10 heteroatoms. The van der Waals surface area contributed by atoms with Gasteiger partial charge in [-0.3, -0.25) is 9.59 Å². The van der Waals surface area contributed by atoms with E-state index in [2.05, 4.69) is 0 Å². The molecule has 2 aliphatic heterocycles. The van der Waals surface area contributed by atoms with Crippen LogP contribution in [-0.4, -0.2) is 61.0 Å². The molecule has 180 valence electrons. The van der Waals surface area contributed by atoms with Gasteiger partial charge in [-0.1, -0.05) is 17.8 Å². The number of nitrogens with zero attached hydrogens (tertiary/aromatic N) is 2. The Kier molecular flexibility index (Phi) is 7.06. The molecule has 6 nitrogen and oxygen atoms in total. The number of hydrogen-bond acceptors (Lipinski definition) is 5. The molecular formula is C24H23F3N2O4S. The molecule has 0 N–H and O–H groups in total. The number of carbonyl (C=O) groups is 2. The van der Waals surface area contributed by atoms with Gasteiger partial charge in [0.1, 0.15) is 13.2 Å². The number of alkyl halides is 3. The van der Waals surface area contributed by atoms with E-state index in [1.54, 1.807) is 34.1 Å². The minimum Gasteiger partial charge on any atom is -0.486 e. The molecule has 0 unspecified atom stereocenters. The highest BCUT2D eigenvalue weighted by molar-refractivity contribution is 7.99. The second-order valence-corrected chi connectivity index (χ2v) is 8.94. The van der Waals surface area contributed by atoms with Crippen LogP contribution in [0.5, 0.6) is 11.5 Å². The highest BCUT2D eigenvalue weighted by atomic mass is 32.2. The predicted molar refractivity (Wildman–Crippen MR) is 121 cm³/mol. The third-order valence-corrected chi connectivity index (χ3v) is 6.57. The normalized spacial score (nSPS) is 16.1. The van der Waals surface area contributed by atoms with E-state index in [1.165, 1.54) is 25.1 Å². The first-order chi connectivity index (χ1) is 16.2. The first kappa shape index (κ1) is 24.0. The number of rotatable bonds is 4. The van der Waals surface area contributed by atoms with Crippen molar-refractivity contribution >= 4 is 29.7 Å². The molecule has 0 aromatic heterocycles. The van der Waals surface area contributed by atoms with Crippen LogP contribution in [-0.2, 0) is 15.8 Å². The highest BCUT2D eigenvalue weighted by Crippen LogP contribution is 2.42. The summed E-state index contributed by atoms with van der Waals surface area (Å²) in [6.45, 7) is 3.97. The van der Waals surface area contributed by atoms with Crippen molar-refractivity contribution in [2.75, 3.05) is 39.4 Å². The molecule has 2 aliphatic rings. The van der Waals surface area contributed by atoms with Gasteiger partial charge in [-0.25, -0.2) is 0 Å². The third kappa shape index (κ3) is 5.67. The summed E-state index contributed by atoms with van der Waals surface area (Å²) in [5.74, 6) is 0.731. The maximum atomic E-state index is 13.8. The van der Waals surface area contributed by atoms with E-state index in [-0.39, 0.29) is 22.3 Å². The number of hydrogen-bond donors (Lipinski definition) is 0. The first-order valence-electron chi connectivity index (χ1n) is 10.7. The van der Waals surface area contributed by atoms with Crippen molar-refractivity contribution in [1.82, 2.24) is 9.80 Å². The number of amides is 2. The van der Waals surface area contributed by atoms with Gasteiger partial charge in [0.25, 0.3) is 0 Å². The van der Waals surface area contributed by atoms with Crippen molar-refractivity contribution in [3.8, 4) is 11.5 Å². The Morgan fingerprint density at radius 2 is 1.62 bits per heavy atom. The van der Waals surface area contributed by atoms with Crippen molar-refractivity contribution in [2.24, 2.45) is 0 Å². The summed E-state index contributed by atoms with van der Waals surface area (Å²) in [7, 11) is 0. The molecule has 0 bridgehead atoms. The Labute approximate surface area is 199 Å². The van der Waals surface area contributed by atoms with Crippen LogP contribution in [0.3, 0.4) is 0 Å². The lowest BCUT2D eigenvalue weighted by atomic mass is 10.1. The number of benzene rings is 2. The fourth-order valence-corrected chi connectivity index (χ4v) is 4.67. The Hall–Kier alpha value is -3.14. The summed E-state index contributed by atoms with van der Waals surface area (Å²) in [5, 5.41) is 0. The molecule has 0 spiro atoms. The third-order valence-electron chi connectivity index (χ3n) is 5.51. The molecule has 0 radical (unpaired) electrons. The number of ether oxygens (including phenoxy) is 2. The van der Waals surface area contributed by atoms with Crippen molar-refractivity contribution in [1.29, 1.82) is 0 Å². The lowest BCUT2D eigenvalue weighted by molar-refractivity contribution is -0.139. The van der Waals surface area contributed by atoms with Gasteiger partial charge in [0.15, 0.2) is 11.5 Å². The van der Waals surface area contributed by atoms with Gasteiger partial charge in [0, 0.05) is 49.0 Å². The van der Waals surface area contributed by atoms with Crippen molar-refractivity contribution in [3.63, 3.8) is 0 Å². The molecule has 4 rings (SSSR count). The summed E-state index contributed by atoms with van der Waals surface area (Å²) in [6, 6.07) is 9.03. The fraction of sp³-hybridized carbons (Fsp3) is 0.333. The minimum absolute atomic E-state index is 0.0449. The Balaban J connectivity index is 1.49. The maximum absolute atomic E-state index is 13.8. The number of piperazine rings is 1. The van der Waals surface area contributed by atoms with Crippen LogP contribution in [0.25, 0.3) is 6.08 Å². The Morgan fingerprint density at radius 3 is 2.29 bits per heavy atom. The highest BCUT2D eigenvalue weighted by Gasteiger charge is 2.34. The van der Waals surface area contributed by atoms with Gasteiger partial charge in [-0.05, 0) is 42.0 Å². The van der Waals surface area contributed by atoms with E-state index < -0.39 is 11.7 Å². The second kappa shape index (κ2) is 10.0. The van der Waals surface area contributed by atoms with Crippen molar-refractivity contribution < 1.29 is 32.2 Å². The molecule has 2 aromatic rings. The summed E-state index contributed by atoms with van der Waals surface area (Å²) in [6.07, 6.45) is -1.91. The molecule has 2 heterocycles.